The zero-order valence-electron chi connectivity index (χ0n) is 15.0. The first kappa shape index (κ1) is 21.2. The van der Waals surface area contributed by atoms with Crippen molar-refractivity contribution in [3.8, 4) is 5.75 Å². The summed E-state index contributed by atoms with van der Waals surface area (Å²) >= 11 is 5.93. The molecular weight excluding hydrogens is 392 g/mol. The van der Waals surface area contributed by atoms with Crippen LogP contribution in [0.3, 0.4) is 0 Å². The molecule has 0 unspecified atom stereocenters. The van der Waals surface area contributed by atoms with Gasteiger partial charge in [-0.1, -0.05) is 23.7 Å². The van der Waals surface area contributed by atoms with Crippen LogP contribution in [0, 0.1) is 0 Å². The van der Waals surface area contributed by atoms with Crippen LogP contribution in [0.15, 0.2) is 47.4 Å². The Hall–Kier alpha value is -2.13. The standard InChI is InChI=1S/C18H21ClN2O5S/c1-25-10-9-21-27(23,24)15-6-3-13(4-7-15)12-20-18(22)16-11-14(19)5-8-17(16)26-2/h3-8,11,21H,9-10,12H2,1-2H3,(H,20,22). The Morgan fingerprint density at radius 2 is 1.81 bits per heavy atom. The maximum absolute atomic E-state index is 12.4. The largest absolute Gasteiger partial charge is 0.496 e. The Kier molecular flexibility index (Phi) is 7.61. The second kappa shape index (κ2) is 9.70. The third-order valence-corrected chi connectivity index (χ3v) is 5.40. The number of nitrogens with one attached hydrogen (secondary N) is 2. The normalized spacial score (nSPS) is 11.2. The van der Waals surface area contributed by atoms with Gasteiger partial charge in [0.05, 0.1) is 24.2 Å². The molecular formula is C18H21ClN2O5S. The molecule has 2 N–H and O–H groups in total. The summed E-state index contributed by atoms with van der Waals surface area (Å²) in [4.78, 5) is 12.5. The third kappa shape index (κ3) is 5.93. The van der Waals surface area contributed by atoms with Crippen molar-refractivity contribution in [1.82, 2.24) is 10.0 Å². The summed E-state index contributed by atoms with van der Waals surface area (Å²) in [7, 11) is -0.617. The Labute approximate surface area is 163 Å². The molecule has 0 atom stereocenters. The molecule has 0 aliphatic rings. The fourth-order valence-electron chi connectivity index (χ4n) is 2.28. The number of hydrogen-bond donors (Lipinski definition) is 2. The number of amides is 1. The molecule has 0 saturated carbocycles. The Balaban J connectivity index is 2.01. The van der Waals surface area contributed by atoms with Crippen LogP contribution >= 0.6 is 11.6 Å². The van der Waals surface area contributed by atoms with E-state index in [1.165, 1.54) is 32.4 Å². The lowest BCUT2D eigenvalue weighted by atomic mass is 10.1. The van der Waals surface area contributed by atoms with Gasteiger partial charge in [0.15, 0.2) is 0 Å². The van der Waals surface area contributed by atoms with Crippen molar-refractivity contribution in [2.75, 3.05) is 27.4 Å². The van der Waals surface area contributed by atoms with Gasteiger partial charge in [-0.15, -0.1) is 0 Å². The van der Waals surface area contributed by atoms with E-state index in [1.54, 1.807) is 24.3 Å². The highest BCUT2D eigenvalue weighted by molar-refractivity contribution is 7.89. The van der Waals surface area contributed by atoms with Gasteiger partial charge in [0.25, 0.3) is 5.91 Å². The Morgan fingerprint density at radius 1 is 1.11 bits per heavy atom. The molecule has 0 aliphatic heterocycles. The monoisotopic (exact) mass is 412 g/mol. The van der Waals surface area contributed by atoms with Gasteiger partial charge in [0.1, 0.15) is 5.75 Å². The molecule has 0 radical (unpaired) electrons. The molecule has 27 heavy (non-hydrogen) atoms. The molecule has 0 fully saturated rings. The summed E-state index contributed by atoms with van der Waals surface area (Å²) in [5.41, 5.74) is 1.08. The van der Waals surface area contributed by atoms with Gasteiger partial charge >= 0.3 is 0 Å². The smallest absolute Gasteiger partial charge is 0.255 e. The second-order valence-corrected chi connectivity index (χ2v) is 7.77. The Morgan fingerprint density at radius 3 is 2.44 bits per heavy atom. The van der Waals surface area contributed by atoms with Crippen LogP contribution in [-0.2, 0) is 21.3 Å². The van der Waals surface area contributed by atoms with Crippen molar-refractivity contribution >= 4 is 27.5 Å². The molecule has 1 amide bonds. The van der Waals surface area contributed by atoms with Crippen LogP contribution in [0.5, 0.6) is 5.75 Å². The van der Waals surface area contributed by atoms with Gasteiger partial charge in [-0.25, -0.2) is 13.1 Å². The highest BCUT2D eigenvalue weighted by atomic mass is 35.5. The number of halogens is 1. The van der Waals surface area contributed by atoms with E-state index in [-0.39, 0.29) is 30.5 Å². The quantitative estimate of drug-likeness (QED) is 0.616. The average molecular weight is 413 g/mol. The minimum absolute atomic E-state index is 0.144. The molecule has 2 rings (SSSR count). The number of benzene rings is 2. The molecule has 0 aromatic heterocycles. The lowest BCUT2D eigenvalue weighted by Gasteiger charge is -2.10. The summed E-state index contributed by atoms with van der Waals surface area (Å²) < 4.78 is 36.6. The third-order valence-electron chi connectivity index (χ3n) is 3.69. The van der Waals surface area contributed by atoms with Crippen LogP contribution < -0.4 is 14.8 Å². The van der Waals surface area contributed by atoms with Crippen molar-refractivity contribution in [3.05, 3.63) is 58.6 Å². The van der Waals surface area contributed by atoms with Crippen LogP contribution in [0.2, 0.25) is 5.02 Å². The van der Waals surface area contributed by atoms with Gasteiger partial charge in [-0.3, -0.25) is 4.79 Å². The van der Waals surface area contributed by atoms with Crippen LogP contribution in [0.4, 0.5) is 0 Å². The number of carbonyl (C=O) groups excluding carboxylic acids is 1. The molecule has 2 aromatic carbocycles. The van der Waals surface area contributed by atoms with E-state index in [4.69, 9.17) is 21.1 Å². The number of methoxy groups -OCH3 is 2. The van der Waals surface area contributed by atoms with Crippen molar-refractivity contribution in [1.29, 1.82) is 0 Å². The van der Waals surface area contributed by atoms with E-state index >= 15 is 0 Å². The van der Waals surface area contributed by atoms with E-state index in [1.807, 2.05) is 0 Å². The molecule has 0 saturated heterocycles. The van der Waals surface area contributed by atoms with E-state index in [0.717, 1.165) is 5.56 Å². The number of hydrogen-bond acceptors (Lipinski definition) is 5. The molecule has 0 aliphatic carbocycles. The topological polar surface area (TPSA) is 93.7 Å². The summed E-state index contributed by atoms with van der Waals surface area (Å²) in [6.45, 7) is 0.709. The van der Waals surface area contributed by atoms with Crippen molar-refractivity contribution in [3.63, 3.8) is 0 Å². The average Bonchev–Trinajstić information content (AvgIpc) is 2.66. The van der Waals surface area contributed by atoms with Crippen molar-refractivity contribution < 1.29 is 22.7 Å². The number of carbonyl (C=O) groups is 1. The molecule has 2 aromatic rings. The Bertz CT molecular complexity index is 885. The fourth-order valence-corrected chi connectivity index (χ4v) is 3.47. The lowest BCUT2D eigenvalue weighted by molar-refractivity contribution is 0.0948. The molecule has 146 valence electrons. The number of sulfonamides is 1. The van der Waals surface area contributed by atoms with Crippen LogP contribution in [-0.4, -0.2) is 41.7 Å². The van der Waals surface area contributed by atoms with Crippen molar-refractivity contribution in [2.45, 2.75) is 11.4 Å². The first-order valence-electron chi connectivity index (χ1n) is 8.06. The predicted octanol–water partition coefficient (Wildman–Crippen LogP) is 2.20. The van der Waals surface area contributed by atoms with Gasteiger partial charge < -0.3 is 14.8 Å². The highest BCUT2D eigenvalue weighted by Gasteiger charge is 2.14. The molecule has 0 bridgehead atoms. The second-order valence-electron chi connectivity index (χ2n) is 5.56. The molecule has 9 heteroatoms. The SMILES string of the molecule is COCCNS(=O)(=O)c1ccc(CNC(=O)c2cc(Cl)ccc2OC)cc1. The molecule has 0 spiro atoms. The van der Waals surface area contributed by atoms with Gasteiger partial charge in [-0.05, 0) is 35.9 Å². The fraction of sp³-hybridized carbons (Fsp3) is 0.278. The van der Waals surface area contributed by atoms with Crippen molar-refractivity contribution in [2.24, 2.45) is 0 Å². The van der Waals surface area contributed by atoms with Gasteiger partial charge in [0.2, 0.25) is 10.0 Å². The number of ether oxygens (including phenoxy) is 2. The summed E-state index contributed by atoms with van der Waals surface area (Å²) in [6, 6.07) is 11.0. The van der Waals surface area contributed by atoms with E-state index in [0.29, 0.717) is 16.3 Å². The minimum atomic E-state index is -3.59. The number of rotatable bonds is 9. The maximum atomic E-state index is 12.4. The maximum Gasteiger partial charge on any atom is 0.255 e. The van der Waals surface area contributed by atoms with E-state index in [2.05, 4.69) is 10.0 Å². The predicted molar refractivity (Wildman–Crippen MR) is 103 cm³/mol. The summed E-state index contributed by atoms with van der Waals surface area (Å²) in [5.74, 6) is 0.0766. The zero-order valence-corrected chi connectivity index (χ0v) is 16.6. The summed E-state index contributed by atoms with van der Waals surface area (Å²) in [5, 5.41) is 3.19. The van der Waals surface area contributed by atoms with Crippen LogP contribution in [0.1, 0.15) is 15.9 Å². The van der Waals surface area contributed by atoms with Crippen LogP contribution in [0.25, 0.3) is 0 Å². The molecule has 0 heterocycles. The van der Waals surface area contributed by atoms with Gasteiger partial charge in [-0.2, -0.15) is 0 Å². The summed E-state index contributed by atoms with van der Waals surface area (Å²) in [6.07, 6.45) is 0. The minimum Gasteiger partial charge on any atom is -0.496 e. The first-order valence-corrected chi connectivity index (χ1v) is 9.93. The van der Waals surface area contributed by atoms with E-state index in [9.17, 15) is 13.2 Å². The lowest BCUT2D eigenvalue weighted by Crippen LogP contribution is -2.27. The van der Waals surface area contributed by atoms with Gasteiger partial charge in [0, 0.05) is 25.2 Å². The molecule has 7 nitrogen and oxygen atoms in total. The highest BCUT2D eigenvalue weighted by Crippen LogP contribution is 2.22. The van der Waals surface area contributed by atoms with E-state index < -0.39 is 10.0 Å². The first-order chi connectivity index (χ1) is 12.9. The zero-order chi connectivity index (χ0) is 19.9.